The van der Waals surface area contributed by atoms with Gasteiger partial charge in [0.2, 0.25) is 5.91 Å². The minimum atomic E-state index is -1.41. The molecular formula is C21H17N3O6S2. The zero-order chi connectivity index (χ0) is 23.3. The number of rotatable bonds is 8. The summed E-state index contributed by atoms with van der Waals surface area (Å²) in [5, 5.41) is 26.0. The number of hydrogen-bond acceptors (Lipinski definition) is 7. The molecule has 0 saturated heterocycles. The Morgan fingerprint density at radius 3 is 2.44 bits per heavy atom. The summed E-state index contributed by atoms with van der Waals surface area (Å²) in [7, 11) is 0. The number of amides is 2. The molecule has 0 radical (unpaired) electrons. The van der Waals surface area contributed by atoms with E-state index in [-0.39, 0.29) is 22.8 Å². The van der Waals surface area contributed by atoms with E-state index >= 15 is 0 Å². The van der Waals surface area contributed by atoms with Crippen molar-refractivity contribution in [2.45, 2.75) is 11.8 Å². The van der Waals surface area contributed by atoms with Crippen molar-refractivity contribution in [1.29, 1.82) is 0 Å². The smallest absolute Gasteiger partial charge is 0.336 e. The number of aromatic nitrogens is 1. The van der Waals surface area contributed by atoms with Crippen molar-refractivity contribution in [2.75, 3.05) is 16.4 Å². The monoisotopic (exact) mass is 471 g/mol. The van der Waals surface area contributed by atoms with Crippen LogP contribution in [0.2, 0.25) is 0 Å². The van der Waals surface area contributed by atoms with Gasteiger partial charge in [0.25, 0.3) is 5.91 Å². The fraction of sp³-hybridized carbons (Fsp3) is 0.0952. The Kier molecular flexibility index (Phi) is 7.23. The third-order valence-corrected chi connectivity index (χ3v) is 5.94. The van der Waals surface area contributed by atoms with Crippen LogP contribution in [0.1, 0.15) is 36.8 Å². The second-order valence-corrected chi connectivity index (χ2v) is 8.39. The highest BCUT2D eigenvalue weighted by Crippen LogP contribution is 2.23. The van der Waals surface area contributed by atoms with Gasteiger partial charge in [0.15, 0.2) is 5.13 Å². The van der Waals surface area contributed by atoms with Crippen LogP contribution in [0.5, 0.6) is 0 Å². The van der Waals surface area contributed by atoms with Gasteiger partial charge < -0.3 is 20.8 Å². The van der Waals surface area contributed by atoms with Crippen molar-refractivity contribution < 1.29 is 29.4 Å². The van der Waals surface area contributed by atoms with Crippen molar-refractivity contribution >= 4 is 57.7 Å². The maximum atomic E-state index is 12.6. The number of aryl methyl sites for hydroxylation is 1. The van der Waals surface area contributed by atoms with Gasteiger partial charge in [-0.2, -0.15) is 0 Å². The van der Waals surface area contributed by atoms with Crippen LogP contribution >= 0.6 is 23.1 Å². The highest BCUT2D eigenvalue weighted by atomic mass is 32.2. The quantitative estimate of drug-likeness (QED) is 0.363. The molecule has 0 atom stereocenters. The lowest BCUT2D eigenvalue weighted by molar-refractivity contribution is -0.113. The molecule has 1 heterocycles. The maximum Gasteiger partial charge on any atom is 0.336 e. The highest BCUT2D eigenvalue weighted by molar-refractivity contribution is 8.00. The van der Waals surface area contributed by atoms with E-state index in [0.717, 1.165) is 17.8 Å². The summed E-state index contributed by atoms with van der Waals surface area (Å²) >= 11 is 2.60. The number of aromatic carboxylic acids is 2. The largest absolute Gasteiger partial charge is 0.478 e. The lowest BCUT2D eigenvalue weighted by atomic mass is 10.0. The van der Waals surface area contributed by atoms with Crippen LogP contribution in [0.4, 0.5) is 10.8 Å². The number of nitrogens with one attached hydrogen (secondary N) is 2. The molecule has 3 aromatic rings. The maximum absolute atomic E-state index is 12.6. The van der Waals surface area contributed by atoms with E-state index < -0.39 is 23.4 Å². The number of anilines is 2. The summed E-state index contributed by atoms with van der Waals surface area (Å²) in [6.45, 7) is 1.83. The first-order valence-electron chi connectivity index (χ1n) is 9.10. The molecule has 0 spiro atoms. The third kappa shape index (κ3) is 5.93. The highest BCUT2D eigenvalue weighted by Gasteiger charge is 2.19. The second-order valence-electron chi connectivity index (χ2n) is 6.48. The third-order valence-electron chi connectivity index (χ3n) is 4.07. The molecule has 9 nitrogen and oxygen atoms in total. The Morgan fingerprint density at radius 2 is 1.78 bits per heavy atom. The minimum absolute atomic E-state index is 0.135. The summed E-state index contributed by atoms with van der Waals surface area (Å²) in [5.74, 6) is -3.49. The first kappa shape index (κ1) is 23.0. The van der Waals surface area contributed by atoms with E-state index in [1.807, 2.05) is 12.3 Å². The summed E-state index contributed by atoms with van der Waals surface area (Å²) in [5.41, 5.74) is 0.406. The number of carboxylic acids is 2. The van der Waals surface area contributed by atoms with Crippen LogP contribution in [-0.2, 0) is 4.79 Å². The summed E-state index contributed by atoms with van der Waals surface area (Å²) in [6, 6.07) is 9.98. The zero-order valence-electron chi connectivity index (χ0n) is 16.6. The van der Waals surface area contributed by atoms with Crippen LogP contribution in [0.25, 0.3) is 0 Å². The normalized spacial score (nSPS) is 10.4. The molecule has 0 unspecified atom stereocenters. The molecule has 0 aliphatic rings. The summed E-state index contributed by atoms with van der Waals surface area (Å²) < 4.78 is 0. The number of carboxylic acid groups (broad SMARTS) is 2. The number of benzene rings is 2. The average Bonchev–Trinajstić information content (AvgIpc) is 3.16. The Morgan fingerprint density at radius 1 is 1.00 bits per heavy atom. The lowest BCUT2D eigenvalue weighted by Crippen LogP contribution is -2.17. The number of thiazole rings is 1. The van der Waals surface area contributed by atoms with Crippen molar-refractivity contribution in [3.63, 3.8) is 0 Å². The number of hydrogen-bond donors (Lipinski definition) is 4. The number of carbonyl (C=O) groups excluding carboxylic acids is 2. The minimum Gasteiger partial charge on any atom is -0.478 e. The fourth-order valence-electron chi connectivity index (χ4n) is 2.63. The Balaban J connectivity index is 1.66. The molecule has 11 heteroatoms. The van der Waals surface area contributed by atoms with Crippen LogP contribution in [0.15, 0.2) is 52.7 Å². The van der Waals surface area contributed by atoms with Crippen molar-refractivity contribution in [1.82, 2.24) is 4.98 Å². The average molecular weight is 472 g/mol. The topological polar surface area (TPSA) is 146 Å². The molecule has 3 rings (SSSR count). The van der Waals surface area contributed by atoms with Gasteiger partial charge in [0.1, 0.15) is 0 Å². The molecule has 0 aliphatic carbocycles. The van der Waals surface area contributed by atoms with Crippen molar-refractivity contribution in [2.24, 2.45) is 0 Å². The zero-order valence-corrected chi connectivity index (χ0v) is 18.3. The molecule has 164 valence electrons. The van der Waals surface area contributed by atoms with Gasteiger partial charge in [-0.1, -0.05) is 6.07 Å². The predicted octanol–water partition coefficient (Wildman–Crippen LogP) is 3.83. The van der Waals surface area contributed by atoms with Gasteiger partial charge in [-0.05, 0) is 43.3 Å². The van der Waals surface area contributed by atoms with Crippen LogP contribution in [0, 0.1) is 6.92 Å². The molecule has 0 aliphatic heterocycles. The van der Waals surface area contributed by atoms with E-state index in [9.17, 15) is 24.3 Å². The van der Waals surface area contributed by atoms with Gasteiger partial charge in [-0.3, -0.25) is 9.59 Å². The Hall–Kier alpha value is -3.70. The molecule has 32 heavy (non-hydrogen) atoms. The predicted molar refractivity (Wildman–Crippen MR) is 121 cm³/mol. The molecule has 4 N–H and O–H groups in total. The summed E-state index contributed by atoms with van der Waals surface area (Å²) in [6.07, 6.45) is 0. The van der Waals surface area contributed by atoms with Gasteiger partial charge in [-0.15, -0.1) is 23.1 Å². The molecule has 0 fully saturated rings. The van der Waals surface area contributed by atoms with E-state index in [0.29, 0.717) is 15.7 Å². The lowest BCUT2D eigenvalue weighted by Gasteiger charge is -2.10. The number of nitrogens with zero attached hydrogens (tertiary/aromatic N) is 1. The molecule has 0 saturated carbocycles. The van der Waals surface area contributed by atoms with Gasteiger partial charge >= 0.3 is 11.9 Å². The molecule has 2 aromatic carbocycles. The molecule has 0 bridgehead atoms. The van der Waals surface area contributed by atoms with Gasteiger partial charge in [-0.25, -0.2) is 14.6 Å². The number of carbonyl (C=O) groups is 4. The second kappa shape index (κ2) is 10.1. The van der Waals surface area contributed by atoms with E-state index in [1.54, 1.807) is 24.3 Å². The van der Waals surface area contributed by atoms with Crippen LogP contribution in [-0.4, -0.2) is 44.7 Å². The Labute approximate surface area is 190 Å². The van der Waals surface area contributed by atoms with Crippen molar-refractivity contribution in [3.05, 3.63) is 70.2 Å². The standard InChI is InChI=1S/C21H17N3O6S2/c1-11-9-32-21(22-11)24-17(25)10-31-14-4-2-3-13(8-14)23-18(26)15-6-5-12(19(27)28)7-16(15)20(29)30/h2-9H,10H2,1H3,(H,23,26)(H,27,28)(H,29,30)(H,22,24,25). The van der Waals surface area contributed by atoms with E-state index in [4.69, 9.17) is 5.11 Å². The SMILES string of the molecule is Cc1csc(NC(=O)CSc2cccc(NC(=O)c3ccc(C(=O)O)cc3C(=O)O)c2)n1. The Bertz CT molecular complexity index is 1210. The van der Waals surface area contributed by atoms with E-state index in [2.05, 4.69) is 15.6 Å². The first-order valence-corrected chi connectivity index (χ1v) is 11.0. The molecular weight excluding hydrogens is 454 g/mol. The number of thioether (sulfide) groups is 1. The van der Waals surface area contributed by atoms with Gasteiger partial charge in [0.05, 0.1) is 28.1 Å². The van der Waals surface area contributed by atoms with Gasteiger partial charge in [0, 0.05) is 16.0 Å². The molecule has 1 aromatic heterocycles. The van der Waals surface area contributed by atoms with Crippen LogP contribution in [0.3, 0.4) is 0 Å². The van der Waals surface area contributed by atoms with E-state index in [1.165, 1.54) is 29.2 Å². The van der Waals surface area contributed by atoms with Crippen molar-refractivity contribution in [3.8, 4) is 0 Å². The summed E-state index contributed by atoms with van der Waals surface area (Å²) in [4.78, 5) is 52.1. The first-order chi connectivity index (χ1) is 15.2. The molecule has 2 amide bonds. The fourth-order valence-corrected chi connectivity index (χ4v) is 4.09. The van der Waals surface area contributed by atoms with Crippen LogP contribution < -0.4 is 10.6 Å².